The third-order valence-electron chi connectivity index (χ3n) is 3.21. The number of hydrogen-bond donors (Lipinski definition) is 0. The van der Waals surface area contributed by atoms with Gasteiger partial charge in [0.2, 0.25) is 0 Å². The Balaban J connectivity index is 1.82. The average Bonchev–Trinajstić information content (AvgIpc) is 2.64. The van der Waals surface area contributed by atoms with Crippen LogP contribution in [0.25, 0.3) is 6.08 Å². The van der Waals surface area contributed by atoms with Crippen LogP contribution in [0.4, 0.5) is 4.39 Å². The van der Waals surface area contributed by atoms with Gasteiger partial charge < -0.3 is 18.9 Å². The molecule has 2 aromatic carbocycles. The van der Waals surface area contributed by atoms with Gasteiger partial charge in [-0.15, -0.1) is 0 Å². The van der Waals surface area contributed by atoms with Crippen LogP contribution in [0, 0.1) is 5.82 Å². The van der Waals surface area contributed by atoms with Crippen molar-refractivity contribution in [2.45, 2.75) is 0 Å². The van der Waals surface area contributed by atoms with Gasteiger partial charge in [-0.2, -0.15) is 0 Å². The molecule has 2 rings (SSSR count). The molecule has 0 radical (unpaired) electrons. The van der Waals surface area contributed by atoms with Gasteiger partial charge in [0.05, 0.1) is 14.2 Å². The Hall–Kier alpha value is -3.02. The van der Waals surface area contributed by atoms with E-state index in [2.05, 4.69) is 0 Å². The van der Waals surface area contributed by atoms with Crippen LogP contribution >= 0.6 is 0 Å². The first kappa shape index (κ1) is 18.3. The van der Waals surface area contributed by atoms with Gasteiger partial charge in [-0.3, -0.25) is 0 Å². The monoisotopic (exact) mass is 346 g/mol. The number of carbonyl (C=O) groups excluding carboxylic acids is 1. The molecule has 0 amide bonds. The molecule has 2 aromatic rings. The fraction of sp³-hybridized carbons (Fsp3) is 0.211. The zero-order valence-electron chi connectivity index (χ0n) is 14.0. The van der Waals surface area contributed by atoms with Crippen molar-refractivity contribution in [1.82, 2.24) is 0 Å². The molecule has 0 bridgehead atoms. The van der Waals surface area contributed by atoms with Crippen molar-refractivity contribution in [3.63, 3.8) is 0 Å². The molecule has 0 spiro atoms. The van der Waals surface area contributed by atoms with Crippen LogP contribution in [0.1, 0.15) is 5.56 Å². The van der Waals surface area contributed by atoms with E-state index in [-0.39, 0.29) is 19.0 Å². The zero-order chi connectivity index (χ0) is 18.1. The van der Waals surface area contributed by atoms with E-state index >= 15 is 0 Å². The molecule has 0 aliphatic rings. The second kappa shape index (κ2) is 9.32. The Morgan fingerprint density at radius 1 is 1.04 bits per heavy atom. The lowest BCUT2D eigenvalue weighted by Crippen LogP contribution is -2.10. The summed E-state index contributed by atoms with van der Waals surface area (Å²) in [6.45, 7) is 0.0758. The summed E-state index contributed by atoms with van der Waals surface area (Å²) in [6.07, 6.45) is 2.88. The van der Waals surface area contributed by atoms with E-state index in [1.54, 1.807) is 50.6 Å². The first-order chi connectivity index (χ1) is 12.1. The third-order valence-corrected chi connectivity index (χ3v) is 3.21. The summed E-state index contributed by atoms with van der Waals surface area (Å²) < 4.78 is 33.9. The van der Waals surface area contributed by atoms with E-state index in [0.717, 1.165) is 5.56 Å². The molecule has 0 saturated heterocycles. The third kappa shape index (κ3) is 5.84. The zero-order valence-corrected chi connectivity index (χ0v) is 14.0. The maximum Gasteiger partial charge on any atom is 0.330 e. The molecule has 0 unspecified atom stereocenters. The van der Waals surface area contributed by atoms with Crippen LogP contribution in [0.15, 0.2) is 48.5 Å². The summed E-state index contributed by atoms with van der Waals surface area (Å²) in [5.74, 6) is 0.369. The van der Waals surface area contributed by atoms with Crippen LogP contribution < -0.4 is 14.2 Å². The SMILES string of the molecule is COc1cc(/C=C/C(=O)OCCOc2ccccc2F)cc(OC)c1. The molecule has 25 heavy (non-hydrogen) atoms. The molecule has 0 aliphatic heterocycles. The summed E-state index contributed by atoms with van der Waals surface area (Å²) in [5.41, 5.74) is 0.732. The van der Waals surface area contributed by atoms with Gasteiger partial charge in [-0.05, 0) is 35.9 Å². The normalized spacial score (nSPS) is 10.5. The maximum atomic E-state index is 13.3. The lowest BCUT2D eigenvalue weighted by molar-refractivity contribution is -0.138. The maximum absolute atomic E-state index is 13.3. The molecular formula is C19H19FO5. The lowest BCUT2D eigenvalue weighted by atomic mass is 10.2. The second-order valence-corrected chi connectivity index (χ2v) is 4.93. The number of methoxy groups -OCH3 is 2. The largest absolute Gasteiger partial charge is 0.497 e. The van der Waals surface area contributed by atoms with Crippen molar-refractivity contribution in [3.05, 3.63) is 59.9 Å². The minimum atomic E-state index is -0.529. The molecule has 0 atom stereocenters. The molecule has 0 heterocycles. The Morgan fingerprint density at radius 3 is 2.36 bits per heavy atom. The Morgan fingerprint density at radius 2 is 1.72 bits per heavy atom. The van der Waals surface area contributed by atoms with Crippen LogP contribution in [-0.4, -0.2) is 33.4 Å². The molecule has 132 valence electrons. The van der Waals surface area contributed by atoms with Crippen molar-refractivity contribution in [3.8, 4) is 17.2 Å². The van der Waals surface area contributed by atoms with Gasteiger partial charge in [0.15, 0.2) is 11.6 Å². The van der Waals surface area contributed by atoms with Crippen molar-refractivity contribution < 1.29 is 28.1 Å². The molecule has 5 nitrogen and oxygen atoms in total. The Kier molecular flexibility index (Phi) is 6.83. The first-order valence-electron chi connectivity index (χ1n) is 7.57. The number of ether oxygens (including phenoxy) is 4. The minimum Gasteiger partial charge on any atom is -0.497 e. The van der Waals surface area contributed by atoms with Crippen LogP contribution in [0.2, 0.25) is 0 Å². The van der Waals surface area contributed by atoms with Gasteiger partial charge >= 0.3 is 5.97 Å². The van der Waals surface area contributed by atoms with E-state index in [9.17, 15) is 9.18 Å². The van der Waals surface area contributed by atoms with Gasteiger partial charge in [0.25, 0.3) is 0 Å². The average molecular weight is 346 g/mol. The van der Waals surface area contributed by atoms with Crippen molar-refractivity contribution >= 4 is 12.0 Å². The lowest BCUT2D eigenvalue weighted by Gasteiger charge is -2.07. The van der Waals surface area contributed by atoms with E-state index in [0.29, 0.717) is 11.5 Å². The molecule has 0 aromatic heterocycles. The van der Waals surface area contributed by atoms with E-state index in [1.165, 1.54) is 18.2 Å². The number of esters is 1. The van der Waals surface area contributed by atoms with E-state index in [1.807, 2.05) is 0 Å². The quantitative estimate of drug-likeness (QED) is 0.416. The van der Waals surface area contributed by atoms with Gasteiger partial charge in [0, 0.05) is 12.1 Å². The molecule has 0 aliphatic carbocycles. The smallest absolute Gasteiger partial charge is 0.330 e. The van der Waals surface area contributed by atoms with E-state index in [4.69, 9.17) is 18.9 Å². The number of carbonyl (C=O) groups is 1. The number of rotatable bonds is 8. The summed E-state index contributed by atoms with van der Waals surface area (Å²) in [7, 11) is 3.10. The molecule has 0 N–H and O–H groups in total. The van der Waals surface area contributed by atoms with Crippen LogP contribution in [-0.2, 0) is 9.53 Å². The predicted octanol–water partition coefficient (Wildman–Crippen LogP) is 3.48. The summed E-state index contributed by atoms with van der Waals surface area (Å²) in [5, 5.41) is 0. The molecular weight excluding hydrogens is 327 g/mol. The Labute approximate surface area is 145 Å². The number of halogens is 1. The minimum absolute atomic E-state index is 0.0128. The fourth-order valence-electron chi connectivity index (χ4n) is 1.99. The highest BCUT2D eigenvalue weighted by Crippen LogP contribution is 2.23. The molecule has 0 saturated carbocycles. The first-order valence-corrected chi connectivity index (χ1v) is 7.57. The summed E-state index contributed by atoms with van der Waals surface area (Å²) in [4.78, 5) is 11.7. The molecule has 0 fully saturated rings. The summed E-state index contributed by atoms with van der Waals surface area (Å²) in [6, 6.07) is 11.3. The van der Waals surface area contributed by atoms with Gasteiger partial charge in [-0.1, -0.05) is 12.1 Å². The number of para-hydroxylation sites is 1. The highest BCUT2D eigenvalue weighted by atomic mass is 19.1. The fourth-order valence-corrected chi connectivity index (χ4v) is 1.99. The highest BCUT2D eigenvalue weighted by Gasteiger charge is 2.03. The van der Waals surface area contributed by atoms with Crippen molar-refractivity contribution in [2.24, 2.45) is 0 Å². The van der Waals surface area contributed by atoms with Crippen molar-refractivity contribution in [1.29, 1.82) is 0 Å². The second-order valence-electron chi connectivity index (χ2n) is 4.93. The van der Waals surface area contributed by atoms with Crippen LogP contribution in [0.5, 0.6) is 17.2 Å². The number of hydrogen-bond acceptors (Lipinski definition) is 5. The van der Waals surface area contributed by atoms with Gasteiger partial charge in [0.1, 0.15) is 24.7 Å². The Bertz CT molecular complexity index is 720. The van der Waals surface area contributed by atoms with E-state index < -0.39 is 11.8 Å². The van der Waals surface area contributed by atoms with Crippen LogP contribution in [0.3, 0.4) is 0 Å². The highest BCUT2D eigenvalue weighted by molar-refractivity contribution is 5.87. The standard InChI is InChI=1S/C19H19FO5/c1-22-15-11-14(12-16(13-15)23-2)7-8-19(21)25-10-9-24-18-6-4-3-5-17(18)20/h3-8,11-13H,9-10H2,1-2H3/b8-7+. The summed E-state index contributed by atoms with van der Waals surface area (Å²) >= 11 is 0. The number of benzene rings is 2. The predicted molar refractivity (Wildman–Crippen MR) is 91.4 cm³/mol. The molecule has 6 heteroatoms. The van der Waals surface area contributed by atoms with Gasteiger partial charge in [-0.25, -0.2) is 9.18 Å². The topological polar surface area (TPSA) is 54.0 Å². The van der Waals surface area contributed by atoms with Crippen molar-refractivity contribution in [2.75, 3.05) is 27.4 Å².